The maximum atomic E-state index is 5.14. The Morgan fingerprint density at radius 3 is 2.36 bits per heavy atom. The molecule has 0 saturated carbocycles. The summed E-state index contributed by atoms with van der Waals surface area (Å²) in [6.45, 7) is 4.68. The largest absolute Gasteiger partial charge is 0.385 e. The van der Waals surface area contributed by atoms with Gasteiger partial charge in [0.25, 0.3) is 0 Å². The number of ether oxygens (including phenoxy) is 3. The Morgan fingerprint density at radius 2 is 1.73 bits per heavy atom. The SMILES string of the molecule is CCOCOCCCCOC. The van der Waals surface area contributed by atoms with Gasteiger partial charge in [-0.15, -0.1) is 0 Å². The first-order valence-corrected chi connectivity index (χ1v) is 4.06. The summed E-state index contributed by atoms with van der Waals surface area (Å²) in [5, 5.41) is 0. The molecule has 0 aromatic carbocycles. The van der Waals surface area contributed by atoms with Crippen LogP contribution in [0.15, 0.2) is 0 Å². The van der Waals surface area contributed by atoms with Crippen molar-refractivity contribution < 1.29 is 14.2 Å². The van der Waals surface area contributed by atoms with Crippen molar-refractivity contribution in [1.29, 1.82) is 0 Å². The molecule has 0 rings (SSSR count). The average Bonchev–Trinajstić information content (AvgIpc) is 2.03. The molecule has 0 aliphatic rings. The van der Waals surface area contributed by atoms with Crippen molar-refractivity contribution in [2.45, 2.75) is 19.8 Å². The van der Waals surface area contributed by atoms with Crippen molar-refractivity contribution in [3.63, 3.8) is 0 Å². The van der Waals surface area contributed by atoms with Gasteiger partial charge in [-0.1, -0.05) is 0 Å². The van der Waals surface area contributed by atoms with E-state index < -0.39 is 0 Å². The number of methoxy groups -OCH3 is 1. The lowest BCUT2D eigenvalue weighted by molar-refractivity contribution is -0.0509. The molecule has 68 valence electrons. The second kappa shape index (κ2) is 9.88. The van der Waals surface area contributed by atoms with Crippen molar-refractivity contribution in [2.75, 3.05) is 33.7 Å². The standard InChI is InChI=1S/C8H18O3/c1-3-10-8-11-7-5-4-6-9-2/h3-8H2,1-2H3. The Kier molecular flexibility index (Phi) is 9.77. The molecule has 0 spiro atoms. The van der Waals surface area contributed by atoms with Gasteiger partial charge in [-0.3, -0.25) is 0 Å². The zero-order chi connectivity index (χ0) is 8.36. The van der Waals surface area contributed by atoms with Crippen LogP contribution in [0.25, 0.3) is 0 Å². The summed E-state index contributed by atoms with van der Waals surface area (Å²) in [5.74, 6) is 0. The van der Waals surface area contributed by atoms with Crippen LogP contribution in [0, 0.1) is 0 Å². The van der Waals surface area contributed by atoms with Gasteiger partial charge in [-0.25, -0.2) is 0 Å². The van der Waals surface area contributed by atoms with E-state index in [1.165, 1.54) is 0 Å². The van der Waals surface area contributed by atoms with Crippen molar-refractivity contribution in [2.24, 2.45) is 0 Å². The summed E-state index contributed by atoms with van der Waals surface area (Å²) >= 11 is 0. The smallest absolute Gasteiger partial charge is 0.146 e. The summed E-state index contributed by atoms with van der Waals surface area (Å²) in [4.78, 5) is 0. The van der Waals surface area contributed by atoms with Gasteiger partial charge in [0.15, 0.2) is 0 Å². The zero-order valence-corrected chi connectivity index (χ0v) is 7.47. The molecule has 0 fully saturated rings. The topological polar surface area (TPSA) is 27.7 Å². The Morgan fingerprint density at radius 1 is 1.00 bits per heavy atom. The van der Waals surface area contributed by atoms with Gasteiger partial charge in [0, 0.05) is 26.9 Å². The van der Waals surface area contributed by atoms with Gasteiger partial charge in [0.05, 0.1) is 0 Å². The van der Waals surface area contributed by atoms with E-state index in [0.717, 1.165) is 32.7 Å². The Balaban J connectivity index is 2.69. The monoisotopic (exact) mass is 162 g/mol. The normalized spacial score (nSPS) is 10.4. The summed E-state index contributed by atoms with van der Waals surface area (Å²) in [6, 6.07) is 0. The fourth-order valence-electron chi connectivity index (χ4n) is 0.652. The third kappa shape index (κ3) is 9.88. The predicted molar refractivity (Wildman–Crippen MR) is 43.6 cm³/mol. The molecule has 0 N–H and O–H groups in total. The summed E-state index contributed by atoms with van der Waals surface area (Å²) in [5.41, 5.74) is 0. The van der Waals surface area contributed by atoms with E-state index in [-0.39, 0.29) is 0 Å². The average molecular weight is 162 g/mol. The molecule has 0 atom stereocenters. The van der Waals surface area contributed by atoms with Crippen LogP contribution >= 0.6 is 0 Å². The van der Waals surface area contributed by atoms with Crippen LogP contribution in [-0.4, -0.2) is 33.7 Å². The maximum absolute atomic E-state index is 5.14. The highest BCUT2D eigenvalue weighted by molar-refractivity contribution is 4.35. The second-order valence-electron chi connectivity index (χ2n) is 2.22. The fraction of sp³-hybridized carbons (Fsp3) is 1.00. The van der Waals surface area contributed by atoms with Gasteiger partial charge in [0.2, 0.25) is 0 Å². The summed E-state index contributed by atoms with van der Waals surface area (Å²) in [6.07, 6.45) is 2.10. The Bertz CT molecular complexity index is 58.4. The lowest BCUT2D eigenvalue weighted by Gasteiger charge is -2.02. The molecule has 3 nitrogen and oxygen atoms in total. The van der Waals surface area contributed by atoms with Crippen molar-refractivity contribution in [3.05, 3.63) is 0 Å². The van der Waals surface area contributed by atoms with E-state index >= 15 is 0 Å². The Hall–Kier alpha value is -0.120. The molecule has 0 amide bonds. The first kappa shape index (κ1) is 10.9. The molecular weight excluding hydrogens is 144 g/mol. The van der Waals surface area contributed by atoms with Crippen LogP contribution in [0.2, 0.25) is 0 Å². The minimum atomic E-state index is 0.420. The lowest BCUT2D eigenvalue weighted by Crippen LogP contribution is -2.01. The molecule has 11 heavy (non-hydrogen) atoms. The van der Waals surface area contributed by atoms with Crippen molar-refractivity contribution >= 4 is 0 Å². The van der Waals surface area contributed by atoms with Crippen LogP contribution in [0.3, 0.4) is 0 Å². The van der Waals surface area contributed by atoms with E-state index in [1.807, 2.05) is 6.92 Å². The molecule has 3 heteroatoms. The van der Waals surface area contributed by atoms with E-state index in [1.54, 1.807) is 7.11 Å². The van der Waals surface area contributed by atoms with Gasteiger partial charge in [-0.2, -0.15) is 0 Å². The number of unbranched alkanes of at least 4 members (excludes halogenated alkanes) is 1. The number of hydrogen-bond acceptors (Lipinski definition) is 3. The molecule has 0 unspecified atom stereocenters. The minimum absolute atomic E-state index is 0.420. The zero-order valence-electron chi connectivity index (χ0n) is 7.47. The number of hydrogen-bond donors (Lipinski definition) is 0. The highest BCUT2D eigenvalue weighted by Crippen LogP contribution is 1.90. The van der Waals surface area contributed by atoms with Gasteiger partial charge < -0.3 is 14.2 Å². The van der Waals surface area contributed by atoms with Crippen LogP contribution in [-0.2, 0) is 14.2 Å². The summed E-state index contributed by atoms with van der Waals surface area (Å²) in [7, 11) is 1.71. The third-order valence-electron chi connectivity index (χ3n) is 1.26. The first-order chi connectivity index (χ1) is 5.41. The van der Waals surface area contributed by atoms with Crippen LogP contribution in [0.5, 0.6) is 0 Å². The third-order valence-corrected chi connectivity index (χ3v) is 1.26. The van der Waals surface area contributed by atoms with Crippen LogP contribution in [0.1, 0.15) is 19.8 Å². The van der Waals surface area contributed by atoms with Crippen LogP contribution < -0.4 is 0 Å². The Labute approximate surface area is 68.6 Å². The number of rotatable bonds is 8. The molecule has 0 saturated heterocycles. The molecule has 0 aromatic heterocycles. The molecule has 0 aliphatic heterocycles. The summed E-state index contributed by atoms with van der Waals surface area (Å²) < 4.78 is 15.0. The fourth-order valence-corrected chi connectivity index (χ4v) is 0.652. The molecule has 0 aliphatic carbocycles. The first-order valence-electron chi connectivity index (χ1n) is 4.06. The van der Waals surface area contributed by atoms with E-state index in [0.29, 0.717) is 6.79 Å². The van der Waals surface area contributed by atoms with E-state index in [2.05, 4.69) is 0 Å². The molecule has 0 bridgehead atoms. The van der Waals surface area contributed by atoms with E-state index in [4.69, 9.17) is 14.2 Å². The van der Waals surface area contributed by atoms with Crippen molar-refractivity contribution in [1.82, 2.24) is 0 Å². The lowest BCUT2D eigenvalue weighted by atomic mass is 10.3. The minimum Gasteiger partial charge on any atom is -0.385 e. The van der Waals surface area contributed by atoms with Crippen LogP contribution in [0.4, 0.5) is 0 Å². The molecule has 0 heterocycles. The maximum Gasteiger partial charge on any atom is 0.146 e. The van der Waals surface area contributed by atoms with Gasteiger partial charge >= 0.3 is 0 Å². The molecular formula is C8H18O3. The molecule has 0 radical (unpaired) electrons. The second-order valence-corrected chi connectivity index (χ2v) is 2.22. The highest BCUT2D eigenvalue weighted by Gasteiger charge is 1.88. The van der Waals surface area contributed by atoms with Crippen molar-refractivity contribution in [3.8, 4) is 0 Å². The predicted octanol–water partition coefficient (Wildman–Crippen LogP) is 1.42. The highest BCUT2D eigenvalue weighted by atomic mass is 16.7. The van der Waals surface area contributed by atoms with Gasteiger partial charge in [0.1, 0.15) is 6.79 Å². The van der Waals surface area contributed by atoms with E-state index in [9.17, 15) is 0 Å². The molecule has 0 aromatic rings. The quantitative estimate of drug-likeness (QED) is 0.399. The van der Waals surface area contributed by atoms with Gasteiger partial charge in [-0.05, 0) is 19.8 Å².